The first-order valence-electron chi connectivity index (χ1n) is 11.7. The Bertz CT molecular complexity index is 1130. The van der Waals surface area contributed by atoms with E-state index in [9.17, 15) is 23.2 Å². The normalized spacial score (nSPS) is 22.8. The van der Waals surface area contributed by atoms with E-state index >= 15 is 0 Å². The lowest BCUT2D eigenvalue weighted by molar-refractivity contribution is -0.141. The number of alkyl carbamates (subject to hydrolysis) is 1. The van der Waals surface area contributed by atoms with Crippen LogP contribution in [0.5, 0.6) is 0 Å². The summed E-state index contributed by atoms with van der Waals surface area (Å²) in [5, 5.41) is 14.1. The number of hydrogen-bond acceptors (Lipinski definition) is 4. The van der Waals surface area contributed by atoms with Crippen LogP contribution in [0.3, 0.4) is 0 Å². The molecule has 2 aromatic rings. The SMILES string of the molecule is O=C(CC1(NC(=O)OCC2c3ccccc3-c3ccccc32)CCC1)NCC1C(C(=O)O)C1(F)F. The molecule has 0 aliphatic heterocycles. The molecule has 7 nitrogen and oxygen atoms in total. The summed E-state index contributed by atoms with van der Waals surface area (Å²) in [5.74, 6) is -8.64. The van der Waals surface area contributed by atoms with Gasteiger partial charge in [-0.3, -0.25) is 9.59 Å². The molecule has 2 aromatic carbocycles. The van der Waals surface area contributed by atoms with Gasteiger partial charge in [0.1, 0.15) is 12.5 Å². The van der Waals surface area contributed by atoms with E-state index in [2.05, 4.69) is 10.6 Å². The number of nitrogens with one attached hydrogen (secondary N) is 2. The van der Waals surface area contributed by atoms with Crippen molar-refractivity contribution in [2.24, 2.45) is 11.8 Å². The van der Waals surface area contributed by atoms with Crippen LogP contribution in [0.15, 0.2) is 48.5 Å². The molecule has 2 amide bonds. The topological polar surface area (TPSA) is 105 Å². The quantitative estimate of drug-likeness (QED) is 0.527. The zero-order valence-corrected chi connectivity index (χ0v) is 18.9. The molecule has 3 aliphatic rings. The first kappa shape index (κ1) is 23.3. The molecular weight excluding hydrogens is 458 g/mol. The molecule has 2 atom stereocenters. The number of halogens is 2. The summed E-state index contributed by atoms with van der Waals surface area (Å²) in [7, 11) is 0. The van der Waals surface area contributed by atoms with Crippen LogP contribution in [0.4, 0.5) is 13.6 Å². The number of carbonyl (C=O) groups is 3. The van der Waals surface area contributed by atoms with Crippen molar-refractivity contribution in [2.75, 3.05) is 13.2 Å². The maximum atomic E-state index is 13.5. The molecule has 5 rings (SSSR count). The third-order valence-corrected chi connectivity index (χ3v) is 7.51. The van der Waals surface area contributed by atoms with Gasteiger partial charge in [-0.2, -0.15) is 0 Å². The highest BCUT2D eigenvalue weighted by molar-refractivity contribution is 5.81. The van der Waals surface area contributed by atoms with Gasteiger partial charge >= 0.3 is 12.1 Å². The summed E-state index contributed by atoms with van der Waals surface area (Å²) in [6, 6.07) is 16.0. The number of carboxylic acid groups (broad SMARTS) is 1. The molecule has 35 heavy (non-hydrogen) atoms. The van der Waals surface area contributed by atoms with Gasteiger partial charge in [0, 0.05) is 18.9 Å². The molecule has 0 bridgehead atoms. The largest absolute Gasteiger partial charge is 0.481 e. The number of amides is 2. The lowest BCUT2D eigenvalue weighted by Gasteiger charge is -2.41. The second kappa shape index (κ2) is 8.62. The molecule has 0 aromatic heterocycles. The van der Waals surface area contributed by atoms with Gasteiger partial charge in [0.2, 0.25) is 5.91 Å². The fraction of sp³-hybridized carbons (Fsp3) is 0.423. The highest BCUT2D eigenvalue weighted by Gasteiger charge is 2.72. The molecule has 2 unspecified atom stereocenters. The number of rotatable bonds is 8. The summed E-state index contributed by atoms with van der Waals surface area (Å²) in [5.41, 5.74) is 3.64. The maximum Gasteiger partial charge on any atom is 0.407 e. The maximum absolute atomic E-state index is 13.5. The Balaban J connectivity index is 1.15. The monoisotopic (exact) mass is 484 g/mol. The average Bonchev–Trinajstić information content (AvgIpc) is 3.22. The second-order valence-corrected chi connectivity index (χ2v) is 9.66. The number of fused-ring (bicyclic) bond motifs is 3. The highest BCUT2D eigenvalue weighted by atomic mass is 19.3. The molecule has 184 valence electrons. The number of benzene rings is 2. The number of alkyl halides is 2. The van der Waals surface area contributed by atoms with Crippen molar-refractivity contribution in [3.05, 3.63) is 59.7 Å². The van der Waals surface area contributed by atoms with Gasteiger partial charge in [0.15, 0.2) is 0 Å². The van der Waals surface area contributed by atoms with Crippen LogP contribution in [0.25, 0.3) is 11.1 Å². The van der Waals surface area contributed by atoms with Crippen LogP contribution in [0.2, 0.25) is 0 Å². The van der Waals surface area contributed by atoms with Crippen molar-refractivity contribution in [2.45, 2.75) is 43.1 Å². The zero-order chi connectivity index (χ0) is 24.8. The third kappa shape index (κ3) is 4.24. The minimum Gasteiger partial charge on any atom is -0.481 e. The second-order valence-electron chi connectivity index (χ2n) is 9.66. The summed E-state index contributed by atoms with van der Waals surface area (Å²) in [6.45, 7) is -0.265. The first-order chi connectivity index (χ1) is 16.7. The van der Waals surface area contributed by atoms with E-state index < -0.39 is 47.8 Å². The number of ether oxygens (including phenoxy) is 1. The molecule has 0 saturated heterocycles. The molecule has 0 spiro atoms. The molecule has 2 saturated carbocycles. The molecule has 0 radical (unpaired) electrons. The van der Waals surface area contributed by atoms with Gasteiger partial charge in [0.25, 0.3) is 5.92 Å². The van der Waals surface area contributed by atoms with E-state index in [1.54, 1.807) is 0 Å². The fourth-order valence-corrected chi connectivity index (χ4v) is 5.37. The Morgan fingerprint density at radius 1 is 1.00 bits per heavy atom. The predicted molar refractivity (Wildman–Crippen MR) is 122 cm³/mol. The van der Waals surface area contributed by atoms with Gasteiger partial charge in [-0.1, -0.05) is 48.5 Å². The van der Waals surface area contributed by atoms with E-state index in [1.807, 2.05) is 48.5 Å². The van der Waals surface area contributed by atoms with Crippen LogP contribution >= 0.6 is 0 Å². The number of carbonyl (C=O) groups excluding carboxylic acids is 2. The standard InChI is InChI=1S/C26H26F2N2O5/c27-26(28)20(22(26)23(32)33)13-29-21(31)12-25(10-5-11-25)30-24(34)35-14-19-17-8-3-1-6-15(17)16-7-2-4-9-18(16)19/h1-4,6-9,19-20,22H,5,10-14H2,(H,29,31)(H,30,34)(H,32,33). The van der Waals surface area contributed by atoms with E-state index in [4.69, 9.17) is 9.84 Å². The Kier molecular flexibility index (Phi) is 5.73. The Labute approximate surface area is 200 Å². The molecule has 2 fully saturated rings. The number of carboxylic acids is 1. The lowest BCUT2D eigenvalue weighted by atomic mass is 9.74. The molecule has 3 aliphatic carbocycles. The summed E-state index contributed by atoms with van der Waals surface area (Å²) in [6.07, 6.45) is 1.26. The number of aliphatic carboxylic acids is 1. The average molecular weight is 484 g/mol. The van der Waals surface area contributed by atoms with Gasteiger partial charge in [-0.25, -0.2) is 13.6 Å². The Morgan fingerprint density at radius 3 is 2.11 bits per heavy atom. The van der Waals surface area contributed by atoms with Crippen molar-refractivity contribution < 1.29 is 33.0 Å². The van der Waals surface area contributed by atoms with E-state index in [0.29, 0.717) is 12.8 Å². The van der Waals surface area contributed by atoms with Crippen LogP contribution in [0.1, 0.15) is 42.7 Å². The molecule has 0 heterocycles. The van der Waals surface area contributed by atoms with Crippen LogP contribution < -0.4 is 10.6 Å². The van der Waals surface area contributed by atoms with Gasteiger partial charge in [-0.05, 0) is 41.5 Å². The van der Waals surface area contributed by atoms with Crippen LogP contribution in [-0.4, -0.2) is 47.7 Å². The summed E-state index contributed by atoms with van der Waals surface area (Å²) in [4.78, 5) is 35.9. The van der Waals surface area contributed by atoms with Gasteiger partial charge in [-0.15, -0.1) is 0 Å². The van der Waals surface area contributed by atoms with Crippen LogP contribution in [-0.2, 0) is 14.3 Å². The van der Waals surface area contributed by atoms with Crippen molar-refractivity contribution >= 4 is 18.0 Å². The van der Waals surface area contributed by atoms with E-state index in [1.165, 1.54) is 0 Å². The zero-order valence-electron chi connectivity index (χ0n) is 18.9. The van der Waals surface area contributed by atoms with Crippen molar-refractivity contribution in [3.8, 4) is 11.1 Å². The van der Waals surface area contributed by atoms with E-state index in [0.717, 1.165) is 28.7 Å². The summed E-state index contributed by atoms with van der Waals surface area (Å²) < 4.78 is 32.7. The van der Waals surface area contributed by atoms with Crippen LogP contribution in [0, 0.1) is 11.8 Å². The van der Waals surface area contributed by atoms with Gasteiger partial charge in [0.05, 0.1) is 11.5 Å². The molecule has 3 N–H and O–H groups in total. The van der Waals surface area contributed by atoms with Gasteiger partial charge < -0.3 is 20.5 Å². The fourth-order valence-electron chi connectivity index (χ4n) is 5.37. The smallest absolute Gasteiger partial charge is 0.407 e. The van der Waals surface area contributed by atoms with Crippen molar-refractivity contribution in [3.63, 3.8) is 0 Å². The molecular formula is C26H26F2N2O5. The Hall–Kier alpha value is -3.49. The van der Waals surface area contributed by atoms with E-state index in [-0.39, 0.29) is 18.9 Å². The predicted octanol–water partition coefficient (Wildman–Crippen LogP) is 3.92. The minimum atomic E-state index is -3.31. The Morgan fingerprint density at radius 2 is 1.60 bits per heavy atom. The van der Waals surface area contributed by atoms with Crippen molar-refractivity contribution in [1.82, 2.24) is 10.6 Å². The lowest BCUT2D eigenvalue weighted by Crippen LogP contribution is -2.56. The minimum absolute atomic E-state index is 0.0762. The number of hydrogen-bond donors (Lipinski definition) is 3. The highest BCUT2D eigenvalue weighted by Crippen LogP contribution is 2.55. The summed E-state index contributed by atoms with van der Waals surface area (Å²) >= 11 is 0. The van der Waals surface area contributed by atoms with Crippen molar-refractivity contribution in [1.29, 1.82) is 0 Å². The third-order valence-electron chi connectivity index (χ3n) is 7.51. The molecule has 9 heteroatoms. The first-order valence-corrected chi connectivity index (χ1v) is 11.7.